The number of hydrogen-bond donors (Lipinski definition) is 0. The molecule has 0 aliphatic rings. The molecule has 2 nitrogen and oxygen atoms in total. The fourth-order valence-corrected chi connectivity index (χ4v) is 3.20. The Bertz CT molecular complexity index is 626. The van der Waals surface area contributed by atoms with Gasteiger partial charge in [0.25, 0.3) is 0 Å². The number of Topliss-reactive ketones (excluding diaryl/α,β-unsaturated/α-hetero) is 1. The van der Waals surface area contributed by atoms with E-state index in [-0.39, 0.29) is 12.4 Å². The first-order valence-electron chi connectivity index (χ1n) is 7.36. The zero-order valence-corrected chi connectivity index (χ0v) is 13.9. The van der Waals surface area contributed by atoms with Crippen LogP contribution in [-0.2, 0) is 6.42 Å². The minimum absolute atomic E-state index is 0.0466. The Morgan fingerprint density at radius 2 is 2.00 bits per heavy atom. The fourth-order valence-electron chi connectivity index (χ4n) is 2.32. The molecular weight excluding hydrogens is 280 g/mol. The van der Waals surface area contributed by atoms with Crippen molar-refractivity contribution in [3.05, 3.63) is 51.2 Å². The molecule has 0 saturated carbocycles. The second-order valence-corrected chi connectivity index (χ2v) is 6.67. The summed E-state index contributed by atoms with van der Waals surface area (Å²) in [4.78, 5) is 14.1. The molecule has 2 aromatic rings. The number of benzene rings is 1. The Balaban J connectivity index is 1.99. The summed E-state index contributed by atoms with van der Waals surface area (Å²) < 4.78 is 5.64. The van der Waals surface area contributed by atoms with Crippen LogP contribution in [0.3, 0.4) is 0 Å². The van der Waals surface area contributed by atoms with Gasteiger partial charge in [-0.3, -0.25) is 4.79 Å². The molecule has 1 heterocycles. The number of carbonyl (C=O) groups excluding carboxylic acids is 1. The highest BCUT2D eigenvalue weighted by Crippen LogP contribution is 2.24. The van der Waals surface area contributed by atoms with Crippen molar-refractivity contribution in [3.63, 3.8) is 0 Å². The van der Waals surface area contributed by atoms with Crippen LogP contribution in [0.4, 0.5) is 0 Å². The lowest BCUT2D eigenvalue weighted by Crippen LogP contribution is -2.10. The number of carbonyl (C=O) groups is 1. The predicted octanol–water partition coefficient (Wildman–Crippen LogP) is 5.00. The molecule has 0 unspecified atom stereocenters. The quantitative estimate of drug-likeness (QED) is 0.702. The summed E-state index contributed by atoms with van der Waals surface area (Å²) in [7, 11) is 0. The van der Waals surface area contributed by atoms with Crippen LogP contribution in [0, 0.1) is 6.92 Å². The Morgan fingerprint density at radius 1 is 1.24 bits per heavy atom. The molecular formula is C18H22O2S. The molecule has 0 saturated heterocycles. The summed E-state index contributed by atoms with van der Waals surface area (Å²) in [5.41, 5.74) is 2.53. The summed E-state index contributed by atoms with van der Waals surface area (Å²) in [6, 6.07) is 9.94. The maximum atomic E-state index is 12.1. The number of thiophene rings is 1. The molecule has 0 N–H and O–H groups in total. The zero-order valence-electron chi connectivity index (χ0n) is 13.1. The largest absolute Gasteiger partial charge is 0.485 e. The summed E-state index contributed by atoms with van der Waals surface area (Å²) in [5, 5.41) is 0. The Hall–Kier alpha value is -1.61. The van der Waals surface area contributed by atoms with Crippen molar-refractivity contribution in [1.29, 1.82) is 0 Å². The van der Waals surface area contributed by atoms with Crippen molar-refractivity contribution in [2.24, 2.45) is 0 Å². The lowest BCUT2D eigenvalue weighted by Gasteiger charge is -2.12. The van der Waals surface area contributed by atoms with Gasteiger partial charge in [0.2, 0.25) is 5.78 Å². The van der Waals surface area contributed by atoms with E-state index in [9.17, 15) is 4.79 Å². The van der Waals surface area contributed by atoms with Gasteiger partial charge < -0.3 is 4.74 Å². The van der Waals surface area contributed by atoms with E-state index in [0.29, 0.717) is 5.92 Å². The molecule has 1 aromatic heterocycles. The number of hydrogen-bond acceptors (Lipinski definition) is 3. The first-order chi connectivity index (χ1) is 10.0. The topological polar surface area (TPSA) is 26.3 Å². The Kier molecular flexibility index (Phi) is 5.18. The normalized spacial score (nSPS) is 10.9. The summed E-state index contributed by atoms with van der Waals surface area (Å²) in [6.45, 7) is 8.62. The first kappa shape index (κ1) is 15.8. The number of aryl methyl sites for hydroxylation is 2. The van der Waals surface area contributed by atoms with Crippen LogP contribution >= 0.6 is 11.3 Å². The van der Waals surface area contributed by atoms with Crippen molar-refractivity contribution in [3.8, 4) is 5.75 Å². The van der Waals surface area contributed by atoms with E-state index in [2.05, 4.69) is 33.8 Å². The van der Waals surface area contributed by atoms with Crippen molar-refractivity contribution in [2.75, 3.05) is 6.61 Å². The third-order valence-corrected chi connectivity index (χ3v) is 4.79. The van der Waals surface area contributed by atoms with Crippen LogP contribution < -0.4 is 4.74 Å². The summed E-state index contributed by atoms with van der Waals surface area (Å²) in [6.07, 6.45) is 0.967. The molecule has 0 bridgehead atoms. The van der Waals surface area contributed by atoms with E-state index >= 15 is 0 Å². The molecule has 112 valence electrons. The number of rotatable bonds is 6. The molecule has 2 rings (SSSR count). The predicted molar refractivity (Wildman–Crippen MR) is 88.8 cm³/mol. The Labute approximate surface area is 130 Å². The van der Waals surface area contributed by atoms with Crippen LogP contribution in [-0.4, -0.2) is 12.4 Å². The zero-order chi connectivity index (χ0) is 15.4. The maximum Gasteiger partial charge on any atom is 0.210 e. The molecule has 1 aromatic carbocycles. The van der Waals surface area contributed by atoms with E-state index < -0.39 is 0 Å². The second-order valence-electron chi connectivity index (χ2n) is 5.50. The lowest BCUT2D eigenvalue weighted by molar-refractivity contribution is 0.0925. The third kappa shape index (κ3) is 3.94. The lowest BCUT2D eigenvalue weighted by atomic mass is 9.98. The Morgan fingerprint density at radius 3 is 2.57 bits per heavy atom. The first-order valence-corrected chi connectivity index (χ1v) is 8.18. The molecule has 21 heavy (non-hydrogen) atoms. The van der Waals surface area contributed by atoms with Gasteiger partial charge in [0.1, 0.15) is 5.75 Å². The molecule has 0 spiro atoms. The van der Waals surface area contributed by atoms with Gasteiger partial charge in [0, 0.05) is 4.88 Å². The third-order valence-electron chi connectivity index (χ3n) is 3.52. The number of ether oxygens (including phenoxy) is 1. The average Bonchev–Trinajstić information content (AvgIpc) is 2.93. The van der Waals surface area contributed by atoms with Crippen molar-refractivity contribution in [2.45, 2.75) is 40.0 Å². The van der Waals surface area contributed by atoms with E-state index in [4.69, 9.17) is 4.74 Å². The highest BCUT2D eigenvalue weighted by molar-refractivity contribution is 7.14. The van der Waals surface area contributed by atoms with Crippen molar-refractivity contribution >= 4 is 17.1 Å². The van der Waals surface area contributed by atoms with Gasteiger partial charge in [0.15, 0.2) is 6.61 Å². The van der Waals surface area contributed by atoms with E-state index in [1.165, 1.54) is 16.0 Å². The van der Waals surface area contributed by atoms with E-state index in [0.717, 1.165) is 17.0 Å². The van der Waals surface area contributed by atoms with Gasteiger partial charge in [-0.2, -0.15) is 0 Å². The molecule has 0 atom stereocenters. The summed E-state index contributed by atoms with van der Waals surface area (Å²) >= 11 is 1.56. The highest BCUT2D eigenvalue weighted by Gasteiger charge is 2.11. The van der Waals surface area contributed by atoms with Crippen LogP contribution in [0.15, 0.2) is 30.3 Å². The van der Waals surface area contributed by atoms with Gasteiger partial charge in [-0.25, -0.2) is 0 Å². The minimum Gasteiger partial charge on any atom is -0.485 e. The molecule has 0 fully saturated rings. The second kappa shape index (κ2) is 6.90. The fraction of sp³-hybridized carbons (Fsp3) is 0.389. The number of ketones is 1. The highest BCUT2D eigenvalue weighted by atomic mass is 32.1. The van der Waals surface area contributed by atoms with Gasteiger partial charge in [-0.1, -0.05) is 26.8 Å². The van der Waals surface area contributed by atoms with Gasteiger partial charge in [-0.05, 0) is 54.7 Å². The molecule has 3 heteroatoms. The molecule has 0 radical (unpaired) electrons. The van der Waals surface area contributed by atoms with Crippen molar-refractivity contribution in [1.82, 2.24) is 0 Å². The molecule has 0 aliphatic carbocycles. The molecule has 0 aliphatic heterocycles. The minimum atomic E-state index is 0.0466. The van der Waals surface area contributed by atoms with Gasteiger partial charge >= 0.3 is 0 Å². The van der Waals surface area contributed by atoms with E-state index in [1.807, 2.05) is 24.3 Å². The average molecular weight is 302 g/mol. The smallest absolute Gasteiger partial charge is 0.210 e. The van der Waals surface area contributed by atoms with Crippen LogP contribution in [0.5, 0.6) is 5.75 Å². The molecule has 0 amide bonds. The van der Waals surface area contributed by atoms with Gasteiger partial charge in [-0.15, -0.1) is 11.3 Å². The van der Waals surface area contributed by atoms with E-state index in [1.54, 1.807) is 11.3 Å². The van der Waals surface area contributed by atoms with Crippen molar-refractivity contribution < 1.29 is 9.53 Å². The van der Waals surface area contributed by atoms with Gasteiger partial charge in [0.05, 0.1) is 4.88 Å². The van der Waals surface area contributed by atoms with Crippen LogP contribution in [0.1, 0.15) is 52.4 Å². The standard InChI is InChI=1S/C18H22O2S/c1-5-15-7-9-18(21-15)17(19)11-20-14-6-8-16(12(2)3)13(4)10-14/h6-10,12H,5,11H2,1-4H3. The SMILES string of the molecule is CCc1ccc(C(=O)COc2ccc(C(C)C)c(C)c2)s1. The maximum absolute atomic E-state index is 12.1. The van der Waals surface area contributed by atoms with Crippen LogP contribution in [0.2, 0.25) is 0 Å². The van der Waals surface area contributed by atoms with Crippen LogP contribution in [0.25, 0.3) is 0 Å². The summed E-state index contributed by atoms with van der Waals surface area (Å²) in [5.74, 6) is 1.31. The monoisotopic (exact) mass is 302 g/mol.